The van der Waals surface area contributed by atoms with Gasteiger partial charge >= 0.3 is 6.18 Å². The lowest BCUT2D eigenvalue weighted by atomic mass is 10.1. The van der Waals surface area contributed by atoms with Crippen LogP contribution in [-0.2, 0) is 4.79 Å². The van der Waals surface area contributed by atoms with E-state index in [1.165, 1.54) is 6.07 Å². The van der Waals surface area contributed by atoms with Gasteiger partial charge < -0.3 is 10.4 Å². The van der Waals surface area contributed by atoms with Crippen molar-refractivity contribution in [1.29, 1.82) is 0 Å². The summed E-state index contributed by atoms with van der Waals surface area (Å²) in [6.07, 6.45) is -5.21. The lowest BCUT2D eigenvalue weighted by Gasteiger charge is -2.20. The van der Waals surface area contributed by atoms with Gasteiger partial charge in [0.25, 0.3) is 5.91 Å². The Labute approximate surface area is 203 Å². The largest absolute Gasteiger partial charge is 0.408 e. The predicted molar refractivity (Wildman–Crippen MR) is 118 cm³/mol. The summed E-state index contributed by atoms with van der Waals surface area (Å²) < 4.78 is 68.2. The summed E-state index contributed by atoms with van der Waals surface area (Å²) in [4.78, 5) is 43.2. The highest BCUT2D eigenvalue weighted by molar-refractivity contribution is 6.32. The second kappa shape index (κ2) is 9.13. The van der Waals surface area contributed by atoms with E-state index in [1.807, 2.05) is 0 Å². The van der Waals surface area contributed by atoms with Crippen LogP contribution in [0.5, 0.6) is 0 Å². The number of pyridine rings is 2. The number of hydrogen-bond acceptors (Lipinski definition) is 5. The molecule has 2 amide bonds. The SMILES string of the molecule is CC(NC(=O)c1cn(-c2c(F)cc(F)cc2Cl)c2nc(N3C[C@@H](O)CC3=O)ccc2c1=O)C(F)(F)F. The first-order chi connectivity index (χ1) is 16.8. The molecule has 1 aliphatic heterocycles. The summed E-state index contributed by atoms with van der Waals surface area (Å²) in [6, 6.07) is 1.29. The molecule has 0 aliphatic carbocycles. The summed E-state index contributed by atoms with van der Waals surface area (Å²) >= 11 is 6.04. The number of amides is 2. The third kappa shape index (κ3) is 4.63. The van der Waals surface area contributed by atoms with E-state index in [0.717, 1.165) is 27.8 Å². The zero-order valence-corrected chi connectivity index (χ0v) is 19.0. The number of nitrogens with one attached hydrogen (secondary N) is 1. The zero-order chi connectivity index (χ0) is 26.5. The molecule has 0 bridgehead atoms. The van der Waals surface area contributed by atoms with E-state index in [9.17, 15) is 41.4 Å². The van der Waals surface area contributed by atoms with Gasteiger partial charge in [-0.05, 0) is 25.1 Å². The van der Waals surface area contributed by atoms with E-state index in [1.54, 1.807) is 5.32 Å². The molecule has 2 aromatic heterocycles. The number of aromatic nitrogens is 2. The van der Waals surface area contributed by atoms with Gasteiger partial charge in [-0.2, -0.15) is 13.2 Å². The summed E-state index contributed by atoms with van der Waals surface area (Å²) in [7, 11) is 0. The molecule has 2 N–H and O–H groups in total. The van der Waals surface area contributed by atoms with Crippen molar-refractivity contribution >= 4 is 40.3 Å². The van der Waals surface area contributed by atoms with Gasteiger partial charge in [0.15, 0.2) is 11.5 Å². The molecule has 3 aromatic rings. The monoisotopic (exact) mass is 530 g/mol. The Bertz CT molecular complexity index is 1440. The maximum absolute atomic E-state index is 14.8. The normalized spacial score (nSPS) is 17.1. The van der Waals surface area contributed by atoms with Crippen molar-refractivity contribution in [3.8, 4) is 5.69 Å². The zero-order valence-electron chi connectivity index (χ0n) is 18.2. The Morgan fingerprint density at radius 3 is 2.53 bits per heavy atom. The van der Waals surface area contributed by atoms with Gasteiger partial charge in [-0.15, -0.1) is 0 Å². The lowest BCUT2D eigenvalue weighted by molar-refractivity contribution is -0.149. The summed E-state index contributed by atoms with van der Waals surface area (Å²) in [5, 5.41) is 10.6. The first kappa shape index (κ1) is 25.5. The fraction of sp³-hybridized carbons (Fsp3) is 0.273. The Balaban J connectivity index is 1.97. The van der Waals surface area contributed by atoms with Crippen LogP contribution >= 0.6 is 11.6 Å². The molecule has 0 radical (unpaired) electrons. The average Bonchev–Trinajstić information content (AvgIpc) is 3.11. The standard InChI is InChI=1S/C22H16ClF5N4O4/c1-9(22(26,27)28)29-21(36)13-8-32(18-14(23)4-10(24)5-15(18)25)20-12(19(13)35)2-3-16(30-20)31-7-11(33)6-17(31)34/h2-5,8-9,11,33H,6-7H2,1H3,(H,29,36)/t9?,11-/m0/s1. The van der Waals surface area contributed by atoms with Crippen LogP contribution in [-0.4, -0.2) is 51.3 Å². The third-order valence-electron chi connectivity index (χ3n) is 5.52. The number of hydrogen-bond donors (Lipinski definition) is 2. The van der Waals surface area contributed by atoms with Crippen LogP contribution < -0.4 is 15.6 Å². The lowest BCUT2D eigenvalue weighted by Crippen LogP contribution is -2.44. The highest BCUT2D eigenvalue weighted by Crippen LogP contribution is 2.29. The number of anilines is 1. The number of alkyl halides is 3. The molecular weight excluding hydrogens is 515 g/mol. The van der Waals surface area contributed by atoms with Gasteiger partial charge in [0.1, 0.15) is 28.9 Å². The average molecular weight is 531 g/mol. The van der Waals surface area contributed by atoms with Gasteiger partial charge in [-0.25, -0.2) is 13.8 Å². The number of fused-ring (bicyclic) bond motifs is 1. The fourth-order valence-electron chi connectivity index (χ4n) is 3.71. The van der Waals surface area contributed by atoms with Crippen molar-refractivity contribution in [3.63, 3.8) is 0 Å². The number of carbonyl (C=O) groups is 2. The molecule has 1 aliphatic rings. The molecule has 3 heterocycles. The molecule has 1 unspecified atom stereocenters. The van der Waals surface area contributed by atoms with Crippen LogP contribution in [0.1, 0.15) is 23.7 Å². The highest BCUT2D eigenvalue weighted by atomic mass is 35.5. The van der Waals surface area contributed by atoms with E-state index in [0.29, 0.717) is 13.0 Å². The minimum Gasteiger partial charge on any atom is -0.391 e. The second-order valence-electron chi connectivity index (χ2n) is 8.10. The Kier molecular flexibility index (Phi) is 6.47. The summed E-state index contributed by atoms with van der Waals surface area (Å²) in [5.74, 6) is -4.17. The number of aliphatic hydroxyl groups excluding tert-OH is 1. The van der Waals surface area contributed by atoms with Gasteiger partial charge in [0.05, 0.1) is 29.5 Å². The molecular formula is C22H16ClF5N4O4. The van der Waals surface area contributed by atoms with E-state index in [-0.39, 0.29) is 29.8 Å². The molecule has 0 saturated carbocycles. The van der Waals surface area contributed by atoms with Crippen LogP contribution in [0.4, 0.5) is 27.8 Å². The number of β-amino-alcohol motifs (C(OH)–C–C–N with tert-alkyl or cyclic N) is 1. The maximum Gasteiger partial charge on any atom is 0.408 e. The van der Waals surface area contributed by atoms with Crippen molar-refractivity contribution in [2.45, 2.75) is 31.7 Å². The Morgan fingerprint density at radius 2 is 1.94 bits per heavy atom. The van der Waals surface area contributed by atoms with Gasteiger partial charge in [-0.1, -0.05) is 11.6 Å². The quantitative estimate of drug-likeness (QED) is 0.505. The van der Waals surface area contributed by atoms with Crippen LogP contribution in [0, 0.1) is 11.6 Å². The number of aliphatic hydroxyl groups is 1. The second-order valence-corrected chi connectivity index (χ2v) is 8.51. The van der Waals surface area contributed by atoms with E-state index >= 15 is 0 Å². The van der Waals surface area contributed by atoms with Crippen molar-refractivity contribution in [2.24, 2.45) is 0 Å². The van der Waals surface area contributed by atoms with Crippen molar-refractivity contribution in [1.82, 2.24) is 14.9 Å². The van der Waals surface area contributed by atoms with E-state index in [2.05, 4.69) is 4.98 Å². The summed E-state index contributed by atoms with van der Waals surface area (Å²) in [5.41, 5.74) is -2.68. The molecule has 1 aromatic carbocycles. The van der Waals surface area contributed by atoms with Crippen molar-refractivity contribution in [2.75, 3.05) is 11.4 Å². The molecule has 0 spiro atoms. The minimum atomic E-state index is -4.80. The molecule has 1 saturated heterocycles. The van der Waals surface area contributed by atoms with E-state index < -0.39 is 63.5 Å². The molecule has 2 atom stereocenters. The van der Waals surface area contributed by atoms with Crippen molar-refractivity contribution < 1.29 is 36.6 Å². The van der Waals surface area contributed by atoms with Crippen LogP contribution in [0.15, 0.2) is 35.3 Å². The van der Waals surface area contributed by atoms with E-state index in [4.69, 9.17) is 11.6 Å². The molecule has 14 heteroatoms. The first-order valence-electron chi connectivity index (χ1n) is 10.3. The first-order valence-corrected chi connectivity index (χ1v) is 10.7. The number of halogens is 6. The van der Waals surface area contributed by atoms with Gasteiger partial charge in [0.2, 0.25) is 11.3 Å². The molecule has 1 fully saturated rings. The predicted octanol–water partition coefficient (Wildman–Crippen LogP) is 3.10. The Morgan fingerprint density at radius 1 is 1.25 bits per heavy atom. The molecule has 36 heavy (non-hydrogen) atoms. The summed E-state index contributed by atoms with van der Waals surface area (Å²) in [6.45, 7) is 0.562. The maximum atomic E-state index is 14.8. The molecule has 4 rings (SSSR count). The molecule has 8 nitrogen and oxygen atoms in total. The fourth-order valence-corrected chi connectivity index (χ4v) is 3.99. The van der Waals surface area contributed by atoms with Crippen molar-refractivity contribution in [3.05, 3.63) is 62.9 Å². The number of rotatable bonds is 4. The Hall–Kier alpha value is -3.58. The topological polar surface area (TPSA) is 105 Å². The van der Waals surface area contributed by atoms with Gasteiger partial charge in [0, 0.05) is 12.3 Å². The third-order valence-corrected chi connectivity index (χ3v) is 5.81. The number of carbonyl (C=O) groups excluding carboxylic acids is 2. The molecule has 190 valence electrons. The van der Waals surface area contributed by atoms with Crippen LogP contribution in [0.2, 0.25) is 5.02 Å². The smallest absolute Gasteiger partial charge is 0.391 e. The number of benzene rings is 1. The highest BCUT2D eigenvalue weighted by Gasteiger charge is 2.38. The van der Waals surface area contributed by atoms with Gasteiger partial charge in [-0.3, -0.25) is 23.9 Å². The van der Waals surface area contributed by atoms with Crippen LogP contribution in [0.3, 0.4) is 0 Å². The van der Waals surface area contributed by atoms with Crippen LogP contribution in [0.25, 0.3) is 16.7 Å². The minimum absolute atomic E-state index is 0.0289. The number of nitrogens with zero attached hydrogens (tertiary/aromatic N) is 3.